The molecule has 4 rings (SSSR count). The molecule has 2 aliphatic heterocycles. The van der Waals surface area contributed by atoms with E-state index in [1.165, 1.54) is 24.1 Å². The fourth-order valence-electron chi connectivity index (χ4n) is 4.63. The molecule has 2 saturated heterocycles. The van der Waals surface area contributed by atoms with Crippen LogP contribution < -0.4 is 4.90 Å². The van der Waals surface area contributed by atoms with Crippen molar-refractivity contribution in [2.24, 2.45) is 5.92 Å². The maximum atomic E-state index is 12.7. The largest absolute Gasteiger partial charge is 0.508 e. The molecule has 0 radical (unpaired) electrons. The second-order valence-corrected chi connectivity index (χ2v) is 8.63. The second kappa shape index (κ2) is 9.98. The van der Waals surface area contributed by atoms with E-state index in [4.69, 9.17) is 0 Å². The monoisotopic (exact) mass is 407 g/mol. The first-order chi connectivity index (χ1) is 14.7. The summed E-state index contributed by atoms with van der Waals surface area (Å²) in [6, 6.07) is 18.0. The first-order valence-corrected chi connectivity index (χ1v) is 11.3. The number of benzene rings is 2. The van der Waals surface area contributed by atoms with Gasteiger partial charge in [0.05, 0.1) is 0 Å². The number of rotatable bonds is 6. The number of piperidine rings is 1. The Morgan fingerprint density at radius 3 is 2.20 bits per heavy atom. The maximum Gasteiger partial charge on any atom is 0.222 e. The number of hydrogen-bond donors (Lipinski definition) is 1. The molecule has 2 aromatic carbocycles. The number of likely N-dealkylation sites (tertiary alicyclic amines) is 1. The summed E-state index contributed by atoms with van der Waals surface area (Å²) in [5, 5.41) is 9.41. The number of carbonyl (C=O) groups is 1. The van der Waals surface area contributed by atoms with Crippen molar-refractivity contribution in [3.05, 3.63) is 60.2 Å². The Balaban J connectivity index is 1.14. The molecule has 2 fully saturated rings. The molecule has 0 aliphatic carbocycles. The van der Waals surface area contributed by atoms with E-state index in [1.54, 1.807) is 12.1 Å². The molecule has 2 heterocycles. The molecule has 0 aromatic heterocycles. The number of piperazine rings is 1. The molecule has 0 spiro atoms. The van der Waals surface area contributed by atoms with E-state index >= 15 is 0 Å². The number of carbonyl (C=O) groups excluding carboxylic acids is 1. The van der Waals surface area contributed by atoms with E-state index in [0.29, 0.717) is 24.0 Å². The van der Waals surface area contributed by atoms with Gasteiger partial charge < -0.3 is 14.9 Å². The third-order valence-electron chi connectivity index (χ3n) is 6.57. The van der Waals surface area contributed by atoms with Crippen molar-refractivity contribution >= 4 is 11.6 Å². The first-order valence-electron chi connectivity index (χ1n) is 11.3. The van der Waals surface area contributed by atoms with Gasteiger partial charge in [0, 0.05) is 44.8 Å². The fraction of sp³-hybridized carbons (Fsp3) is 0.480. The van der Waals surface area contributed by atoms with Crippen molar-refractivity contribution in [1.82, 2.24) is 9.80 Å². The lowest BCUT2D eigenvalue weighted by Crippen LogP contribution is -2.48. The highest BCUT2D eigenvalue weighted by atomic mass is 16.3. The molecule has 5 nitrogen and oxygen atoms in total. The van der Waals surface area contributed by atoms with Gasteiger partial charge in [-0.1, -0.05) is 30.3 Å². The van der Waals surface area contributed by atoms with Crippen molar-refractivity contribution in [3.63, 3.8) is 0 Å². The molecule has 0 unspecified atom stereocenters. The normalized spacial score (nSPS) is 18.5. The molecule has 160 valence electrons. The Hall–Kier alpha value is -2.53. The molecule has 5 heteroatoms. The SMILES string of the molecule is O=C(CCC1CCN(Cc2ccc(O)cc2)CC1)N1CCN(c2ccccc2)CC1. The molecule has 0 atom stereocenters. The van der Waals surface area contributed by atoms with Gasteiger partial charge >= 0.3 is 0 Å². The van der Waals surface area contributed by atoms with Crippen LogP contribution in [0.1, 0.15) is 31.2 Å². The third-order valence-corrected chi connectivity index (χ3v) is 6.57. The van der Waals surface area contributed by atoms with Crippen LogP contribution >= 0.6 is 0 Å². The zero-order valence-corrected chi connectivity index (χ0v) is 17.7. The predicted molar refractivity (Wildman–Crippen MR) is 121 cm³/mol. The number of para-hydroxylation sites is 1. The van der Waals surface area contributed by atoms with Crippen molar-refractivity contribution in [2.45, 2.75) is 32.2 Å². The van der Waals surface area contributed by atoms with Crippen LogP contribution in [0.5, 0.6) is 5.75 Å². The predicted octanol–water partition coefficient (Wildman–Crippen LogP) is 3.73. The standard InChI is InChI=1S/C25H33N3O2/c29-24-9-6-22(7-10-24)20-26-14-12-21(13-15-26)8-11-25(30)28-18-16-27(17-19-28)23-4-2-1-3-5-23/h1-7,9-10,21,29H,8,11-20H2. The number of phenolic OH excluding ortho intramolecular Hbond substituents is 1. The Kier molecular flexibility index (Phi) is 6.90. The minimum absolute atomic E-state index is 0.323. The van der Waals surface area contributed by atoms with Crippen LogP contribution in [-0.4, -0.2) is 60.1 Å². The summed E-state index contributed by atoms with van der Waals surface area (Å²) < 4.78 is 0. The molecular formula is C25H33N3O2. The second-order valence-electron chi connectivity index (χ2n) is 8.63. The van der Waals surface area contributed by atoms with Gasteiger partial charge in [-0.15, -0.1) is 0 Å². The lowest BCUT2D eigenvalue weighted by molar-refractivity contribution is -0.131. The van der Waals surface area contributed by atoms with Crippen LogP contribution in [-0.2, 0) is 11.3 Å². The van der Waals surface area contributed by atoms with E-state index in [1.807, 2.05) is 18.2 Å². The van der Waals surface area contributed by atoms with Crippen LogP contribution in [0, 0.1) is 5.92 Å². The molecule has 2 aliphatic rings. The van der Waals surface area contributed by atoms with Crippen molar-refractivity contribution in [1.29, 1.82) is 0 Å². The highest BCUT2D eigenvalue weighted by Crippen LogP contribution is 2.24. The number of anilines is 1. The maximum absolute atomic E-state index is 12.7. The average molecular weight is 408 g/mol. The summed E-state index contributed by atoms with van der Waals surface area (Å²) in [5.41, 5.74) is 2.50. The number of nitrogens with zero attached hydrogens (tertiary/aromatic N) is 3. The third kappa shape index (κ3) is 5.54. The first kappa shape index (κ1) is 20.7. The highest BCUT2D eigenvalue weighted by molar-refractivity contribution is 5.76. The van der Waals surface area contributed by atoms with Crippen LogP contribution in [0.2, 0.25) is 0 Å². The topological polar surface area (TPSA) is 47.0 Å². The van der Waals surface area contributed by atoms with Crippen LogP contribution in [0.3, 0.4) is 0 Å². The zero-order chi connectivity index (χ0) is 20.8. The van der Waals surface area contributed by atoms with Crippen LogP contribution in [0.15, 0.2) is 54.6 Å². The summed E-state index contributed by atoms with van der Waals surface area (Å²) >= 11 is 0. The van der Waals surface area contributed by atoms with Crippen molar-refractivity contribution in [3.8, 4) is 5.75 Å². The van der Waals surface area contributed by atoms with Crippen LogP contribution in [0.4, 0.5) is 5.69 Å². The number of hydrogen-bond acceptors (Lipinski definition) is 4. The summed E-state index contributed by atoms with van der Waals surface area (Å²) in [6.07, 6.45) is 4.05. The van der Waals surface area contributed by atoms with Gasteiger partial charge in [0.15, 0.2) is 0 Å². The summed E-state index contributed by atoms with van der Waals surface area (Å²) in [5.74, 6) is 1.31. The van der Waals surface area contributed by atoms with Crippen molar-refractivity contribution in [2.75, 3.05) is 44.2 Å². The Bertz CT molecular complexity index is 793. The molecule has 0 saturated carbocycles. The molecule has 0 bridgehead atoms. The van der Waals surface area contributed by atoms with Gasteiger partial charge in [0.25, 0.3) is 0 Å². The number of aromatic hydroxyl groups is 1. The lowest BCUT2D eigenvalue weighted by Gasteiger charge is -2.36. The average Bonchev–Trinajstić information content (AvgIpc) is 2.80. The van der Waals surface area contributed by atoms with Gasteiger partial charge in [-0.25, -0.2) is 0 Å². The van der Waals surface area contributed by atoms with Gasteiger partial charge in [-0.2, -0.15) is 0 Å². The number of amides is 1. The van der Waals surface area contributed by atoms with E-state index in [9.17, 15) is 9.90 Å². The molecule has 30 heavy (non-hydrogen) atoms. The lowest BCUT2D eigenvalue weighted by atomic mass is 9.91. The van der Waals surface area contributed by atoms with E-state index in [0.717, 1.165) is 52.2 Å². The Morgan fingerprint density at radius 1 is 0.867 bits per heavy atom. The zero-order valence-electron chi connectivity index (χ0n) is 17.7. The Labute approximate surface area is 179 Å². The van der Waals surface area contributed by atoms with E-state index in [-0.39, 0.29) is 0 Å². The van der Waals surface area contributed by atoms with Crippen LogP contribution in [0.25, 0.3) is 0 Å². The van der Waals surface area contributed by atoms with Gasteiger partial charge in [-0.05, 0) is 68.1 Å². The molecule has 1 amide bonds. The highest BCUT2D eigenvalue weighted by Gasteiger charge is 2.24. The smallest absolute Gasteiger partial charge is 0.222 e. The van der Waals surface area contributed by atoms with E-state index < -0.39 is 0 Å². The quantitative estimate of drug-likeness (QED) is 0.793. The van der Waals surface area contributed by atoms with E-state index in [2.05, 4.69) is 39.0 Å². The molecule has 1 N–H and O–H groups in total. The van der Waals surface area contributed by atoms with Gasteiger partial charge in [-0.3, -0.25) is 9.69 Å². The minimum atomic E-state index is 0.323. The summed E-state index contributed by atoms with van der Waals surface area (Å²) in [4.78, 5) is 19.6. The van der Waals surface area contributed by atoms with Gasteiger partial charge in [0.1, 0.15) is 5.75 Å². The molecule has 2 aromatic rings. The summed E-state index contributed by atoms with van der Waals surface area (Å²) in [7, 11) is 0. The fourth-order valence-corrected chi connectivity index (χ4v) is 4.63. The van der Waals surface area contributed by atoms with Crippen molar-refractivity contribution < 1.29 is 9.90 Å². The Morgan fingerprint density at radius 2 is 1.53 bits per heavy atom. The number of phenols is 1. The summed E-state index contributed by atoms with van der Waals surface area (Å²) in [6.45, 7) is 6.64. The van der Waals surface area contributed by atoms with Gasteiger partial charge in [0.2, 0.25) is 5.91 Å². The molecular weight excluding hydrogens is 374 g/mol. The minimum Gasteiger partial charge on any atom is -0.508 e.